The Hall–Kier alpha value is 0.690. The van der Waals surface area contributed by atoms with Crippen LogP contribution in [0.4, 0.5) is 0 Å². The molecule has 0 aromatic heterocycles. The summed E-state index contributed by atoms with van der Waals surface area (Å²) >= 11 is 11.3. The lowest BCUT2D eigenvalue weighted by molar-refractivity contribution is 0.680. The van der Waals surface area contributed by atoms with E-state index in [1.54, 1.807) is 0 Å². The molecule has 0 bridgehead atoms. The van der Waals surface area contributed by atoms with Gasteiger partial charge >= 0.3 is 0 Å². The van der Waals surface area contributed by atoms with Crippen molar-refractivity contribution in [1.29, 1.82) is 0 Å². The average molecular weight is 188 g/mol. The Bertz CT molecular complexity index is 150. The third kappa shape index (κ3) is 2.08. The lowest BCUT2D eigenvalue weighted by Crippen LogP contribution is -2.11. The third-order valence-corrected chi connectivity index (χ3v) is 2.98. The Kier molecular flexibility index (Phi) is 2.06. The minimum absolute atomic E-state index is 0.145. The molecule has 1 saturated carbocycles. The van der Waals surface area contributed by atoms with Crippen LogP contribution in [-0.2, 0) is 11.0 Å². The van der Waals surface area contributed by atoms with E-state index in [0.29, 0.717) is 5.75 Å². The molecule has 2 nitrogen and oxygen atoms in total. The van der Waals surface area contributed by atoms with Crippen molar-refractivity contribution in [2.45, 2.75) is 10.8 Å². The molecule has 0 aromatic carbocycles. The van der Waals surface area contributed by atoms with Gasteiger partial charge in [0.05, 0.1) is 11.0 Å². The summed E-state index contributed by atoms with van der Waals surface area (Å²) in [5.41, 5.74) is 0. The summed E-state index contributed by atoms with van der Waals surface area (Å²) in [4.78, 5) is 0. The molecule has 2 unspecified atom stereocenters. The van der Waals surface area contributed by atoms with Crippen molar-refractivity contribution in [3.8, 4) is 0 Å². The number of halogens is 2. The smallest absolute Gasteiger partial charge is 0.122 e. The van der Waals surface area contributed by atoms with Gasteiger partial charge in [-0.2, -0.15) is 0 Å². The van der Waals surface area contributed by atoms with Gasteiger partial charge in [-0.25, -0.2) is 4.21 Å². The second-order valence-electron chi connectivity index (χ2n) is 2.21. The first kappa shape index (κ1) is 7.79. The van der Waals surface area contributed by atoms with Gasteiger partial charge < -0.3 is 0 Å². The van der Waals surface area contributed by atoms with Crippen LogP contribution in [0, 0.1) is 5.92 Å². The molecule has 1 aliphatic rings. The number of nitrogens with two attached hydrogens (primary N) is 1. The van der Waals surface area contributed by atoms with Crippen LogP contribution in [0.15, 0.2) is 0 Å². The summed E-state index contributed by atoms with van der Waals surface area (Å²) in [6, 6.07) is 0. The lowest BCUT2D eigenvalue weighted by atomic mass is 10.5. The molecule has 1 fully saturated rings. The molecule has 54 valence electrons. The first-order chi connectivity index (χ1) is 4.02. The predicted molar refractivity (Wildman–Crippen MR) is 39.7 cm³/mol. The first-order valence-corrected chi connectivity index (χ1v) is 4.67. The molecule has 0 amide bonds. The molecule has 2 atom stereocenters. The van der Waals surface area contributed by atoms with Gasteiger partial charge in [-0.05, 0) is 6.42 Å². The van der Waals surface area contributed by atoms with Gasteiger partial charge in [-0.3, -0.25) is 5.14 Å². The second kappa shape index (κ2) is 2.38. The van der Waals surface area contributed by atoms with E-state index in [1.165, 1.54) is 0 Å². The maximum Gasteiger partial charge on any atom is 0.122 e. The van der Waals surface area contributed by atoms with Gasteiger partial charge in [0.2, 0.25) is 0 Å². The highest BCUT2D eigenvalue weighted by Crippen LogP contribution is 2.53. The maximum atomic E-state index is 10.4. The standard InChI is InChI=1S/C4H7Cl2NOS/c5-4(6)1-3(4)2-9(7)8/h3H,1-2,7H2. The van der Waals surface area contributed by atoms with E-state index < -0.39 is 15.3 Å². The van der Waals surface area contributed by atoms with E-state index in [9.17, 15) is 4.21 Å². The van der Waals surface area contributed by atoms with Crippen LogP contribution >= 0.6 is 23.2 Å². The molecule has 0 aromatic rings. The highest BCUT2D eigenvalue weighted by Gasteiger charge is 2.51. The molecule has 2 N–H and O–H groups in total. The minimum Gasteiger partial charge on any atom is -0.252 e. The number of rotatable bonds is 2. The van der Waals surface area contributed by atoms with E-state index in [2.05, 4.69) is 0 Å². The van der Waals surface area contributed by atoms with Crippen LogP contribution in [0.2, 0.25) is 0 Å². The maximum absolute atomic E-state index is 10.4. The van der Waals surface area contributed by atoms with Crippen molar-refractivity contribution in [3.05, 3.63) is 0 Å². The summed E-state index contributed by atoms with van der Waals surface area (Å²) in [6.07, 6.45) is 0.721. The van der Waals surface area contributed by atoms with Gasteiger partial charge in [0.1, 0.15) is 4.33 Å². The van der Waals surface area contributed by atoms with Crippen LogP contribution in [0.3, 0.4) is 0 Å². The summed E-state index contributed by atoms with van der Waals surface area (Å²) in [6.45, 7) is 0. The highest BCUT2D eigenvalue weighted by atomic mass is 35.5. The molecule has 0 saturated heterocycles. The average Bonchev–Trinajstić information content (AvgIpc) is 2.10. The van der Waals surface area contributed by atoms with E-state index in [4.69, 9.17) is 28.3 Å². The van der Waals surface area contributed by atoms with E-state index >= 15 is 0 Å². The van der Waals surface area contributed by atoms with Crippen molar-refractivity contribution in [1.82, 2.24) is 0 Å². The number of hydrogen-bond acceptors (Lipinski definition) is 1. The molecule has 1 rings (SSSR count). The van der Waals surface area contributed by atoms with Crippen LogP contribution in [0.5, 0.6) is 0 Å². The van der Waals surface area contributed by atoms with Gasteiger partial charge in [-0.15, -0.1) is 23.2 Å². The Morgan fingerprint density at radius 3 is 2.33 bits per heavy atom. The monoisotopic (exact) mass is 187 g/mol. The van der Waals surface area contributed by atoms with Gasteiger partial charge in [-0.1, -0.05) is 0 Å². The fourth-order valence-corrected chi connectivity index (χ4v) is 2.16. The van der Waals surface area contributed by atoms with E-state index in [1.807, 2.05) is 0 Å². The van der Waals surface area contributed by atoms with E-state index in [0.717, 1.165) is 6.42 Å². The van der Waals surface area contributed by atoms with Crippen molar-refractivity contribution >= 4 is 34.2 Å². The molecule has 0 spiro atoms. The number of alkyl halides is 2. The molecule has 0 heterocycles. The fourth-order valence-electron chi connectivity index (χ4n) is 0.649. The molecular formula is C4H7Cl2NOS. The molecule has 9 heavy (non-hydrogen) atoms. The van der Waals surface area contributed by atoms with Crippen LogP contribution < -0.4 is 5.14 Å². The van der Waals surface area contributed by atoms with Crippen LogP contribution in [0.25, 0.3) is 0 Å². The largest absolute Gasteiger partial charge is 0.252 e. The normalized spacial score (nSPS) is 33.9. The molecule has 5 heteroatoms. The zero-order valence-corrected chi connectivity index (χ0v) is 6.97. The quantitative estimate of drug-likeness (QED) is 0.640. The Morgan fingerprint density at radius 2 is 2.22 bits per heavy atom. The minimum atomic E-state index is -1.25. The summed E-state index contributed by atoms with van der Waals surface area (Å²) in [5, 5.41) is 5.01. The second-order valence-corrected chi connectivity index (χ2v) is 4.85. The van der Waals surface area contributed by atoms with Gasteiger partial charge in [0.15, 0.2) is 0 Å². The fraction of sp³-hybridized carbons (Fsp3) is 1.00. The first-order valence-electron chi connectivity index (χ1n) is 2.53. The predicted octanol–water partition coefficient (Wildman–Crippen LogP) is 0.803. The third-order valence-electron chi connectivity index (χ3n) is 1.32. The Balaban J connectivity index is 2.28. The van der Waals surface area contributed by atoms with Crippen molar-refractivity contribution in [2.75, 3.05) is 5.75 Å². The Morgan fingerprint density at radius 1 is 1.78 bits per heavy atom. The summed E-state index contributed by atoms with van der Waals surface area (Å²) in [7, 11) is -1.25. The lowest BCUT2D eigenvalue weighted by Gasteiger charge is -1.94. The van der Waals surface area contributed by atoms with Gasteiger partial charge in [0.25, 0.3) is 0 Å². The SMILES string of the molecule is NS(=O)CC1CC1(Cl)Cl. The Labute approximate surface area is 66.3 Å². The van der Waals surface area contributed by atoms with Crippen molar-refractivity contribution < 1.29 is 4.21 Å². The highest BCUT2D eigenvalue weighted by molar-refractivity contribution is 7.82. The molecule has 0 aliphatic heterocycles. The topological polar surface area (TPSA) is 43.1 Å². The van der Waals surface area contributed by atoms with Crippen molar-refractivity contribution in [2.24, 2.45) is 11.1 Å². The zero-order chi connectivity index (χ0) is 7.07. The van der Waals surface area contributed by atoms with E-state index in [-0.39, 0.29) is 5.92 Å². The van der Waals surface area contributed by atoms with Crippen molar-refractivity contribution in [3.63, 3.8) is 0 Å². The molecule has 1 aliphatic carbocycles. The number of hydrogen-bond donors (Lipinski definition) is 1. The molecule has 0 radical (unpaired) electrons. The molecular weight excluding hydrogens is 181 g/mol. The zero-order valence-electron chi connectivity index (χ0n) is 4.64. The van der Waals surface area contributed by atoms with Gasteiger partial charge in [0, 0.05) is 11.7 Å². The summed E-state index contributed by atoms with van der Waals surface area (Å²) in [5.74, 6) is 0.569. The van der Waals surface area contributed by atoms with Crippen LogP contribution in [0.1, 0.15) is 6.42 Å². The van der Waals surface area contributed by atoms with Crippen LogP contribution in [-0.4, -0.2) is 14.3 Å². The summed E-state index contributed by atoms with van der Waals surface area (Å²) < 4.78 is 9.72.